The van der Waals surface area contributed by atoms with Gasteiger partial charge in [0, 0.05) is 44.4 Å². The van der Waals surface area contributed by atoms with Gasteiger partial charge in [-0.05, 0) is 25.1 Å². The van der Waals surface area contributed by atoms with Gasteiger partial charge < -0.3 is 24.4 Å². The predicted molar refractivity (Wildman–Crippen MR) is 140 cm³/mol. The maximum absolute atomic E-state index is 14.1. The van der Waals surface area contributed by atoms with Gasteiger partial charge in [0.1, 0.15) is 5.76 Å². The van der Waals surface area contributed by atoms with Crippen molar-refractivity contribution in [1.29, 1.82) is 0 Å². The minimum atomic E-state index is -3.92. The molecule has 0 aliphatic carbocycles. The number of hydrogen-bond donors (Lipinski definition) is 1. The summed E-state index contributed by atoms with van der Waals surface area (Å²) < 4.78 is 38.3. The quantitative estimate of drug-likeness (QED) is 0.307. The molecule has 2 fully saturated rings. The van der Waals surface area contributed by atoms with Crippen LogP contribution in [-0.4, -0.2) is 93.4 Å². The van der Waals surface area contributed by atoms with E-state index in [1.165, 1.54) is 40.6 Å². The van der Waals surface area contributed by atoms with E-state index >= 15 is 0 Å². The molecule has 0 bridgehead atoms. The zero-order valence-electron chi connectivity index (χ0n) is 21.6. The highest BCUT2D eigenvalue weighted by Crippen LogP contribution is 2.53. The number of carbonyl (C=O) groups is 3. The highest BCUT2D eigenvalue weighted by Gasteiger charge is 2.66. The molecule has 0 radical (unpaired) electrons. The molecule has 2 amide bonds. The molecular formula is C27H29N3O8S. The van der Waals surface area contributed by atoms with Crippen molar-refractivity contribution in [3.8, 4) is 0 Å². The number of fused-ring (bicyclic) bond motifs is 2. The fourth-order valence-electron chi connectivity index (χ4n) is 5.55. The summed E-state index contributed by atoms with van der Waals surface area (Å²) in [6.07, 6.45) is 0. The minimum absolute atomic E-state index is 0.00585. The summed E-state index contributed by atoms with van der Waals surface area (Å²) in [5, 5.41) is 11.6. The van der Waals surface area contributed by atoms with Crippen LogP contribution in [0.3, 0.4) is 0 Å². The Morgan fingerprint density at radius 3 is 2.49 bits per heavy atom. The second kappa shape index (κ2) is 10.2. The first kappa shape index (κ1) is 27.0. The Kier molecular flexibility index (Phi) is 7.06. The van der Waals surface area contributed by atoms with Gasteiger partial charge in [-0.3, -0.25) is 14.4 Å². The molecule has 3 heterocycles. The van der Waals surface area contributed by atoms with Gasteiger partial charge in [-0.2, -0.15) is 4.31 Å². The highest BCUT2D eigenvalue weighted by molar-refractivity contribution is 7.89. The maximum Gasteiger partial charge on any atom is 0.296 e. The zero-order chi connectivity index (χ0) is 27.9. The molecular weight excluding hydrogens is 526 g/mol. The largest absolute Gasteiger partial charge is 0.507 e. The number of morpholine rings is 1. The number of amides is 2. The average Bonchev–Trinajstić information content (AvgIpc) is 3.34. The number of anilines is 1. The third-order valence-electron chi connectivity index (χ3n) is 7.36. The highest BCUT2D eigenvalue weighted by atomic mass is 32.2. The van der Waals surface area contributed by atoms with Crippen LogP contribution >= 0.6 is 0 Å². The van der Waals surface area contributed by atoms with E-state index in [1.807, 2.05) is 0 Å². The number of ether oxygens (including phenoxy) is 2. The topological polar surface area (TPSA) is 134 Å². The first-order chi connectivity index (χ1) is 18.7. The number of carbonyl (C=O) groups excluding carboxylic acids is 3. The number of benzene rings is 2. The number of para-hydroxylation sites is 1. The number of likely N-dealkylation sites (tertiary alicyclic amines) is 1. The van der Waals surface area contributed by atoms with Crippen LogP contribution < -0.4 is 4.90 Å². The van der Waals surface area contributed by atoms with E-state index in [0.29, 0.717) is 11.3 Å². The Morgan fingerprint density at radius 1 is 1.08 bits per heavy atom. The molecule has 2 saturated heterocycles. The van der Waals surface area contributed by atoms with E-state index in [4.69, 9.17) is 9.47 Å². The lowest BCUT2D eigenvalue weighted by molar-refractivity contribution is -0.144. The standard InChI is InChI=1S/C27H29N3O8S/c1-3-29-21-10-5-4-9-20(21)27(26(29)34)22(24(32)25(33)30(27)13-14-37-2)23(31)18-7-6-8-19(17-18)39(35,36)28-11-15-38-16-12-28/h4-10,17,31H,3,11-16H2,1-2H3/b23-22+. The Labute approximate surface area is 226 Å². The number of Topliss-reactive ketones (excluding diaryl/α,β-unsaturated/α-hetero) is 1. The zero-order valence-corrected chi connectivity index (χ0v) is 22.4. The molecule has 0 aromatic heterocycles. The molecule has 2 aromatic carbocycles. The van der Waals surface area contributed by atoms with E-state index in [-0.39, 0.29) is 56.5 Å². The normalized spacial score (nSPS) is 23.2. The Morgan fingerprint density at radius 2 is 1.79 bits per heavy atom. The fourth-order valence-corrected chi connectivity index (χ4v) is 7.00. The van der Waals surface area contributed by atoms with Crippen molar-refractivity contribution in [2.24, 2.45) is 0 Å². The van der Waals surface area contributed by atoms with Gasteiger partial charge in [0.15, 0.2) is 5.54 Å². The summed E-state index contributed by atoms with van der Waals surface area (Å²) >= 11 is 0. The smallest absolute Gasteiger partial charge is 0.296 e. The summed E-state index contributed by atoms with van der Waals surface area (Å²) in [7, 11) is -2.49. The monoisotopic (exact) mass is 555 g/mol. The van der Waals surface area contributed by atoms with Crippen molar-refractivity contribution in [3.63, 3.8) is 0 Å². The fraction of sp³-hybridized carbons (Fsp3) is 0.370. The molecule has 1 N–H and O–H groups in total. The number of ketones is 1. The van der Waals surface area contributed by atoms with E-state index in [2.05, 4.69) is 0 Å². The third-order valence-corrected chi connectivity index (χ3v) is 9.25. The summed E-state index contributed by atoms with van der Waals surface area (Å²) in [5.41, 5.74) is -1.44. The van der Waals surface area contributed by atoms with Gasteiger partial charge >= 0.3 is 0 Å². The molecule has 11 nitrogen and oxygen atoms in total. The molecule has 1 unspecified atom stereocenters. The van der Waals surface area contributed by atoms with Crippen molar-refractivity contribution >= 4 is 39.1 Å². The lowest BCUT2D eigenvalue weighted by atomic mass is 9.82. The molecule has 5 rings (SSSR count). The molecule has 1 atom stereocenters. The molecule has 12 heteroatoms. The van der Waals surface area contributed by atoms with Gasteiger partial charge in [0.25, 0.3) is 17.6 Å². The van der Waals surface area contributed by atoms with Crippen LogP contribution in [-0.2, 0) is 39.4 Å². The lowest BCUT2D eigenvalue weighted by Crippen LogP contribution is -2.52. The van der Waals surface area contributed by atoms with E-state index in [9.17, 15) is 27.9 Å². The maximum atomic E-state index is 14.1. The second-order valence-electron chi connectivity index (χ2n) is 9.32. The molecule has 2 aromatic rings. The van der Waals surface area contributed by atoms with E-state index in [1.54, 1.807) is 31.2 Å². The number of rotatable bonds is 7. The molecule has 3 aliphatic rings. The average molecular weight is 556 g/mol. The first-order valence-corrected chi connectivity index (χ1v) is 14.0. The van der Waals surface area contributed by atoms with Crippen molar-refractivity contribution in [1.82, 2.24) is 9.21 Å². The van der Waals surface area contributed by atoms with Crippen LogP contribution in [0.1, 0.15) is 18.1 Å². The Balaban J connectivity index is 1.73. The van der Waals surface area contributed by atoms with Crippen molar-refractivity contribution in [2.45, 2.75) is 17.4 Å². The van der Waals surface area contributed by atoms with Crippen LogP contribution in [0, 0.1) is 0 Å². The number of nitrogens with zero attached hydrogens (tertiary/aromatic N) is 3. The second-order valence-corrected chi connectivity index (χ2v) is 11.3. The lowest BCUT2D eigenvalue weighted by Gasteiger charge is -2.34. The summed E-state index contributed by atoms with van der Waals surface area (Å²) in [4.78, 5) is 43.6. The number of aliphatic hydroxyl groups is 1. The number of sulfonamides is 1. The van der Waals surface area contributed by atoms with Gasteiger partial charge in [-0.15, -0.1) is 0 Å². The van der Waals surface area contributed by atoms with Crippen molar-refractivity contribution < 1.29 is 37.4 Å². The third kappa shape index (κ3) is 3.97. The number of aliphatic hydroxyl groups excluding tert-OH is 1. The number of methoxy groups -OCH3 is 1. The summed E-state index contributed by atoms with van der Waals surface area (Å²) in [5.74, 6) is -3.17. The summed E-state index contributed by atoms with van der Waals surface area (Å²) in [6.45, 7) is 2.89. The predicted octanol–water partition coefficient (Wildman–Crippen LogP) is 1.30. The number of hydrogen-bond acceptors (Lipinski definition) is 8. The van der Waals surface area contributed by atoms with Gasteiger partial charge in [0.2, 0.25) is 10.0 Å². The summed E-state index contributed by atoms with van der Waals surface area (Å²) in [6, 6.07) is 12.3. The van der Waals surface area contributed by atoms with Crippen LogP contribution in [0.15, 0.2) is 59.0 Å². The van der Waals surface area contributed by atoms with Crippen molar-refractivity contribution in [3.05, 3.63) is 65.2 Å². The van der Waals surface area contributed by atoms with Crippen LogP contribution in [0.25, 0.3) is 5.76 Å². The van der Waals surface area contributed by atoms with Crippen LogP contribution in [0.5, 0.6) is 0 Å². The van der Waals surface area contributed by atoms with Crippen LogP contribution in [0.2, 0.25) is 0 Å². The molecule has 39 heavy (non-hydrogen) atoms. The van der Waals surface area contributed by atoms with Gasteiger partial charge in [-0.25, -0.2) is 8.42 Å². The van der Waals surface area contributed by atoms with Gasteiger partial charge in [-0.1, -0.05) is 30.3 Å². The van der Waals surface area contributed by atoms with E-state index in [0.717, 1.165) is 4.90 Å². The molecule has 206 valence electrons. The van der Waals surface area contributed by atoms with Crippen LogP contribution in [0.4, 0.5) is 5.69 Å². The minimum Gasteiger partial charge on any atom is -0.507 e. The number of likely N-dealkylation sites (N-methyl/N-ethyl adjacent to an activating group) is 1. The molecule has 0 saturated carbocycles. The Bertz CT molecular complexity index is 1480. The first-order valence-electron chi connectivity index (χ1n) is 12.6. The van der Waals surface area contributed by atoms with E-state index < -0.39 is 44.5 Å². The Hall–Kier alpha value is -3.58. The molecule has 1 spiro atoms. The van der Waals surface area contributed by atoms with Gasteiger partial charge in [0.05, 0.1) is 36.0 Å². The SMILES string of the molecule is CCN1C(=O)C2(/C(=C(/O)c3cccc(S(=O)(=O)N4CCOCC4)c3)C(=O)C(=O)N2CCOC)c2ccccc21. The van der Waals surface area contributed by atoms with Crippen molar-refractivity contribution in [2.75, 3.05) is 58.0 Å². The molecule has 3 aliphatic heterocycles.